The fraction of sp³-hybridized carbons (Fsp3) is 0.167. The Hall–Kier alpha value is -2.39. The molecular formula is C24H21ClFN3OS3. The van der Waals surface area contributed by atoms with Crippen LogP contribution in [0.4, 0.5) is 10.1 Å². The van der Waals surface area contributed by atoms with Gasteiger partial charge in [0, 0.05) is 24.1 Å². The normalized spacial score (nSPS) is 15.0. The molecule has 33 heavy (non-hydrogen) atoms. The first kappa shape index (κ1) is 23.8. The third kappa shape index (κ3) is 4.53. The molecule has 4 nitrogen and oxygen atoms in total. The molecule has 3 heterocycles. The van der Waals surface area contributed by atoms with Crippen LogP contribution in [0.3, 0.4) is 0 Å². The second-order valence-electron chi connectivity index (χ2n) is 7.40. The van der Waals surface area contributed by atoms with Crippen LogP contribution >= 0.6 is 34.4 Å². The molecular weight excluding hydrogens is 497 g/mol. The van der Waals surface area contributed by atoms with Crippen LogP contribution in [0.5, 0.6) is 0 Å². The van der Waals surface area contributed by atoms with Crippen LogP contribution in [0.25, 0.3) is 11.1 Å². The number of benzene rings is 2. The second-order valence-corrected chi connectivity index (χ2v) is 10.4. The largest absolute Gasteiger partial charge is 1.00 e. The zero-order chi connectivity index (χ0) is 22.2. The van der Waals surface area contributed by atoms with Gasteiger partial charge >= 0.3 is 0 Å². The Morgan fingerprint density at radius 3 is 2.70 bits per heavy atom. The topological polar surface area (TPSA) is 29.1 Å². The summed E-state index contributed by atoms with van der Waals surface area (Å²) in [7, 11) is 1.93. The summed E-state index contributed by atoms with van der Waals surface area (Å²) in [5, 5.41) is 4.01. The van der Waals surface area contributed by atoms with Crippen molar-refractivity contribution < 1.29 is 21.4 Å². The standard InChI is InChI=1S/C24H21FN3OS3.ClH/c1-3-28-21(14-20-27(11-12-30-20)15-16-7-5-4-6-8-16)32-22(23(28)29)24-26(2)18-10-9-17(25)13-19(18)31-24;/h4-14H,3,15H2,1-2H3;1H/q+1;/p-1/b24-22+;. The van der Waals surface area contributed by atoms with E-state index in [9.17, 15) is 9.18 Å². The maximum Gasteiger partial charge on any atom is 0.271 e. The van der Waals surface area contributed by atoms with Gasteiger partial charge in [0.1, 0.15) is 20.0 Å². The van der Waals surface area contributed by atoms with Gasteiger partial charge in [-0.25, -0.2) is 4.39 Å². The number of hydrogen-bond donors (Lipinski definition) is 0. The monoisotopic (exact) mass is 517 g/mol. The number of thioether (sulfide) groups is 1. The summed E-state index contributed by atoms with van der Waals surface area (Å²) in [5.41, 5.74) is 2.15. The Labute approximate surface area is 209 Å². The van der Waals surface area contributed by atoms with Crippen LogP contribution < -0.4 is 36.6 Å². The van der Waals surface area contributed by atoms with Gasteiger partial charge in [-0.1, -0.05) is 53.4 Å². The molecule has 0 bridgehead atoms. The first-order chi connectivity index (χ1) is 15.5. The third-order valence-corrected chi connectivity index (χ3v) is 8.69. The molecule has 170 valence electrons. The van der Waals surface area contributed by atoms with Crippen molar-refractivity contribution >= 4 is 51.2 Å². The van der Waals surface area contributed by atoms with E-state index in [1.54, 1.807) is 17.4 Å². The van der Waals surface area contributed by atoms with Crippen LogP contribution in [0, 0.1) is 5.82 Å². The third-order valence-electron chi connectivity index (χ3n) is 5.37. The fourth-order valence-corrected chi connectivity index (χ4v) is 7.08. The highest BCUT2D eigenvalue weighted by atomic mass is 35.5. The van der Waals surface area contributed by atoms with E-state index >= 15 is 0 Å². The minimum atomic E-state index is -0.266. The molecule has 0 aliphatic carbocycles. The van der Waals surface area contributed by atoms with Gasteiger partial charge in [0.05, 0.1) is 17.1 Å². The summed E-state index contributed by atoms with van der Waals surface area (Å²) in [6, 6.07) is 15.1. The first-order valence-electron chi connectivity index (χ1n) is 10.2. The molecule has 0 N–H and O–H groups in total. The van der Waals surface area contributed by atoms with E-state index in [1.807, 2.05) is 41.6 Å². The minimum absolute atomic E-state index is 0. The van der Waals surface area contributed by atoms with E-state index in [2.05, 4.69) is 34.4 Å². The number of thiazole rings is 2. The highest BCUT2D eigenvalue weighted by Gasteiger charge is 2.25. The van der Waals surface area contributed by atoms with Gasteiger partial charge in [-0.15, -0.1) is 11.3 Å². The first-order valence-corrected chi connectivity index (χ1v) is 12.7. The predicted molar refractivity (Wildman–Crippen MR) is 131 cm³/mol. The lowest BCUT2D eigenvalue weighted by Gasteiger charge is -2.12. The lowest BCUT2D eigenvalue weighted by molar-refractivity contribution is -0.685. The van der Waals surface area contributed by atoms with Gasteiger partial charge in [-0.2, -0.15) is 4.57 Å². The lowest BCUT2D eigenvalue weighted by Crippen LogP contribution is -3.00. The van der Waals surface area contributed by atoms with Crippen molar-refractivity contribution in [2.75, 3.05) is 11.9 Å². The number of anilines is 1. The van der Waals surface area contributed by atoms with Crippen LogP contribution in [-0.4, -0.2) is 11.6 Å². The van der Waals surface area contributed by atoms with E-state index in [-0.39, 0.29) is 23.8 Å². The highest BCUT2D eigenvalue weighted by molar-refractivity contribution is 8.08. The predicted octanol–water partition coefficient (Wildman–Crippen LogP) is 0.607. The van der Waals surface area contributed by atoms with Gasteiger partial charge < -0.3 is 17.3 Å². The van der Waals surface area contributed by atoms with Gasteiger partial charge in [0.2, 0.25) is 0 Å². The molecule has 0 saturated carbocycles. The van der Waals surface area contributed by atoms with Gasteiger partial charge in [0.25, 0.3) is 10.6 Å². The zero-order valence-electron chi connectivity index (χ0n) is 18.0. The molecule has 0 radical (unpaired) electrons. The van der Waals surface area contributed by atoms with Crippen molar-refractivity contribution in [3.8, 4) is 0 Å². The van der Waals surface area contributed by atoms with Crippen LogP contribution in [-0.2, 0) is 13.1 Å². The van der Waals surface area contributed by atoms with Crippen molar-refractivity contribution in [3.63, 3.8) is 0 Å². The summed E-state index contributed by atoms with van der Waals surface area (Å²) >= 11 is 4.61. The molecule has 2 aromatic heterocycles. The summed E-state index contributed by atoms with van der Waals surface area (Å²) < 4.78 is 19.3. The molecule has 9 heteroatoms. The zero-order valence-corrected chi connectivity index (χ0v) is 21.2. The van der Waals surface area contributed by atoms with Gasteiger partial charge in [0.15, 0.2) is 12.7 Å². The van der Waals surface area contributed by atoms with Crippen molar-refractivity contribution in [1.82, 2.24) is 4.57 Å². The molecule has 1 aliphatic heterocycles. The van der Waals surface area contributed by atoms with Crippen LogP contribution in [0.2, 0.25) is 0 Å². The maximum atomic E-state index is 13.7. The van der Waals surface area contributed by atoms with Gasteiger partial charge in [-0.05, 0) is 25.1 Å². The van der Waals surface area contributed by atoms with E-state index in [0.29, 0.717) is 11.1 Å². The number of halogens is 2. The Morgan fingerprint density at radius 2 is 1.94 bits per heavy atom. The number of nitrogens with zero attached hydrogens (tertiary/aromatic N) is 3. The molecule has 2 aromatic carbocycles. The number of rotatable bonds is 4. The van der Waals surface area contributed by atoms with Crippen molar-refractivity contribution in [3.05, 3.63) is 96.0 Å². The van der Waals surface area contributed by atoms with E-state index < -0.39 is 0 Å². The summed E-state index contributed by atoms with van der Waals surface area (Å²) in [6.07, 6.45) is 4.17. The van der Waals surface area contributed by atoms with Crippen molar-refractivity contribution in [2.24, 2.45) is 0 Å². The molecule has 0 atom stereocenters. The number of fused-ring (bicyclic) bond motifs is 1. The van der Waals surface area contributed by atoms with Gasteiger partial charge in [-0.3, -0.25) is 9.36 Å². The lowest BCUT2D eigenvalue weighted by atomic mass is 10.2. The Morgan fingerprint density at radius 1 is 1.15 bits per heavy atom. The highest BCUT2D eigenvalue weighted by Crippen LogP contribution is 2.45. The smallest absolute Gasteiger partial charge is 0.271 e. The second kappa shape index (κ2) is 9.85. The number of aromatic nitrogens is 2. The van der Waals surface area contributed by atoms with Crippen molar-refractivity contribution in [2.45, 2.75) is 24.9 Å². The molecule has 0 fully saturated rings. The summed E-state index contributed by atoms with van der Waals surface area (Å²) in [4.78, 5) is 16.1. The molecule has 0 unspecified atom stereocenters. The number of hydrogen-bond acceptors (Lipinski definition) is 5. The molecule has 4 aromatic rings. The average Bonchev–Trinajstić information content (AvgIpc) is 3.45. The molecule has 0 saturated heterocycles. The molecule has 5 rings (SSSR count). The molecule has 0 spiro atoms. The molecule has 0 amide bonds. The Balaban J connectivity index is 0.00000259. The van der Waals surface area contributed by atoms with E-state index in [0.717, 1.165) is 31.8 Å². The Kier molecular flexibility index (Phi) is 7.09. The fourth-order valence-electron chi connectivity index (χ4n) is 3.74. The SMILES string of the molecule is CCn1c(=O)/c(=C2\Sc3cc(F)ccc3N2C)s/c1=C\c1scc[n+]1Cc1ccccc1.[Cl-]. The van der Waals surface area contributed by atoms with E-state index in [1.165, 1.54) is 40.8 Å². The summed E-state index contributed by atoms with van der Waals surface area (Å²) in [5.74, 6) is -0.266. The van der Waals surface area contributed by atoms with E-state index in [4.69, 9.17) is 0 Å². The quantitative estimate of drug-likeness (QED) is 0.371. The maximum absolute atomic E-state index is 13.7. The molecule has 1 aliphatic rings. The summed E-state index contributed by atoms with van der Waals surface area (Å²) in [6.45, 7) is 3.36. The van der Waals surface area contributed by atoms with Crippen LogP contribution in [0.1, 0.15) is 17.5 Å². The Bertz CT molecular complexity index is 1480. The van der Waals surface area contributed by atoms with Crippen LogP contribution in [0.15, 0.2) is 69.8 Å². The average molecular weight is 518 g/mol. The minimum Gasteiger partial charge on any atom is -1.00 e. The van der Waals surface area contributed by atoms with Crippen molar-refractivity contribution in [1.29, 1.82) is 0 Å².